The van der Waals surface area contributed by atoms with Gasteiger partial charge in [0.05, 0.1) is 17.2 Å². The molecule has 1 amide bonds. The Balaban J connectivity index is 1.61. The molecule has 7 nitrogen and oxygen atoms in total. The molecule has 154 valence electrons. The first kappa shape index (κ1) is 20.4. The topological polar surface area (TPSA) is 77.1 Å². The average molecular weight is 496 g/mol. The molecular weight excluding hydrogens is 482 g/mol. The quantitative estimate of drug-likeness (QED) is 0.428. The van der Waals surface area contributed by atoms with Gasteiger partial charge in [-0.2, -0.15) is 10.2 Å². The van der Waals surface area contributed by atoms with Crippen LogP contribution in [0.3, 0.4) is 0 Å². The summed E-state index contributed by atoms with van der Waals surface area (Å²) < 4.78 is 29.7. The molecule has 30 heavy (non-hydrogen) atoms. The molecule has 11 heteroatoms. The monoisotopic (exact) mass is 494 g/mol. The fourth-order valence-corrected chi connectivity index (χ4v) is 3.58. The van der Waals surface area contributed by atoms with Crippen molar-refractivity contribution in [3.05, 3.63) is 74.7 Å². The van der Waals surface area contributed by atoms with Gasteiger partial charge in [0.15, 0.2) is 11.5 Å². The van der Waals surface area contributed by atoms with Gasteiger partial charge in [-0.25, -0.2) is 18.3 Å². The number of alkyl halides is 2. The number of carbonyl (C=O) groups excluding carboxylic acids is 1. The number of hydrogen-bond acceptors (Lipinski definition) is 4. The molecule has 0 fully saturated rings. The number of carbonyl (C=O) groups is 1. The molecule has 0 aliphatic carbocycles. The molecule has 0 spiro atoms. The number of nitrogens with one attached hydrogen (secondary N) is 1. The first-order valence-electron chi connectivity index (χ1n) is 8.74. The number of amides is 1. The maximum Gasteiger partial charge on any atom is 0.280 e. The number of benzene rings is 1. The summed E-state index contributed by atoms with van der Waals surface area (Å²) in [5.74, 6) is -0.292. The number of hydrogen-bond donors (Lipinski definition) is 1. The molecule has 0 radical (unpaired) electrons. The summed E-state index contributed by atoms with van der Waals surface area (Å²) in [4.78, 5) is 17.0. The van der Waals surface area contributed by atoms with Gasteiger partial charge < -0.3 is 5.32 Å². The third kappa shape index (κ3) is 3.92. The van der Waals surface area contributed by atoms with Crippen molar-refractivity contribution in [2.45, 2.75) is 19.9 Å². The van der Waals surface area contributed by atoms with Gasteiger partial charge in [-0.15, -0.1) is 0 Å². The highest BCUT2D eigenvalue weighted by atomic mass is 79.9. The molecule has 1 aromatic carbocycles. The lowest BCUT2D eigenvalue weighted by molar-refractivity contribution is 0.102. The fourth-order valence-electron chi connectivity index (χ4n) is 2.97. The second kappa shape index (κ2) is 8.11. The molecule has 3 aromatic heterocycles. The fraction of sp³-hybridized carbons (Fsp3) is 0.158. The number of nitrogens with zero attached hydrogens (tertiary/aromatic N) is 5. The largest absolute Gasteiger partial charge is 0.304 e. The standard InChI is InChI=1S/C19H14BrClF2N6O/c1-10-6-15(16(22)23)29-18(25-10)12(7-24-29)19(30)26-17-13(20)9-28(27-17)8-11-4-2-3-5-14(11)21/h2-7,9,16H,8H2,1H3,(H,26,27,30). The maximum absolute atomic E-state index is 13.3. The second-order valence-corrected chi connectivity index (χ2v) is 7.75. The van der Waals surface area contributed by atoms with Gasteiger partial charge in [-0.3, -0.25) is 9.48 Å². The van der Waals surface area contributed by atoms with Crippen molar-refractivity contribution in [3.8, 4) is 0 Å². The molecule has 0 bridgehead atoms. The Morgan fingerprint density at radius 2 is 2.10 bits per heavy atom. The summed E-state index contributed by atoms with van der Waals surface area (Å²) in [6.07, 6.45) is 0.156. The molecule has 1 N–H and O–H groups in total. The molecule has 4 aromatic rings. The minimum atomic E-state index is -2.75. The van der Waals surface area contributed by atoms with Gasteiger partial charge in [-0.1, -0.05) is 29.8 Å². The van der Waals surface area contributed by atoms with Crippen LogP contribution in [0.1, 0.15) is 33.7 Å². The zero-order valence-electron chi connectivity index (χ0n) is 15.5. The van der Waals surface area contributed by atoms with E-state index in [9.17, 15) is 13.6 Å². The van der Waals surface area contributed by atoms with Crippen molar-refractivity contribution in [2.75, 3.05) is 5.32 Å². The summed E-state index contributed by atoms with van der Waals surface area (Å²) in [6, 6.07) is 8.60. The van der Waals surface area contributed by atoms with Gasteiger partial charge in [0.1, 0.15) is 11.3 Å². The number of fused-ring (bicyclic) bond motifs is 1. The molecule has 0 aliphatic heterocycles. The van der Waals surface area contributed by atoms with Crippen molar-refractivity contribution >= 4 is 44.9 Å². The van der Waals surface area contributed by atoms with Crippen LogP contribution in [0.5, 0.6) is 0 Å². The molecule has 4 rings (SSSR count). The molecule has 0 saturated carbocycles. The van der Waals surface area contributed by atoms with Crippen molar-refractivity contribution in [2.24, 2.45) is 0 Å². The Kier molecular flexibility index (Phi) is 5.52. The van der Waals surface area contributed by atoms with E-state index < -0.39 is 12.3 Å². The van der Waals surface area contributed by atoms with Crippen LogP contribution >= 0.6 is 27.5 Å². The van der Waals surface area contributed by atoms with Gasteiger partial charge in [0.25, 0.3) is 12.3 Å². The number of halogens is 4. The van der Waals surface area contributed by atoms with E-state index in [0.717, 1.165) is 10.1 Å². The van der Waals surface area contributed by atoms with Crippen LogP contribution < -0.4 is 5.32 Å². The number of aromatic nitrogens is 5. The van der Waals surface area contributed by atoms with E-state index in [-0.39, 0.29) is 22.7 Å². The van der Waals surface area contributed by atoms with Gasteiger partial charge in [0, 0.05) is 16.9 Å². The molecule has 0 atom stereocenters. The minimum Gasteiger partial charge on any atom is -0.304 e. The van der Waals surface area contributed by atoms with E-state index in [1.165, 1.54) is 12.3 Å². The summed E-state index contributed by atoms with van der Waals surface area (Å²) >= 11 is 9.55. The van der Waals surface area contributed by atoms with Crippen molar-refractivity contribution < 1.29 is 13.6 Å². The van der Waals surface area contributed by atoms with E-state index in [2.05, 4.69) is 36.4 Å². The molecule has 0 unspecified atom stereocenters. The minimum absolute atomic E-state index is 0.0504. The Morgan fingerprint density at radius 1 is 1.33 bits per heavy atom. The summed E-state index contributed by atoms with van der Waals surface area (Å²) in [5, 5.41) is 11.5. The van der Waals surface area contributed by atoms with Crippen LogP contribution in [0.4, 0.5) is 14.6 Å². The predicted molar refractivity (Wildman–Crippen MR) is 111 cm³/mol. The Hall–Kier alpha value is -2.85. The zero-order chi connectivity index (χ0) is 21.4. The lowest BCUT2D eigenvalue weighted by Crippen LogP contribution is -2.14. The van der Waals surface area contributed by atoms with Crippen LogP contribution in [0.15, 0.2) is 47.2 Å². The highest BCUT2D eigenvalue weighted by Crippen LogP contribution is 2.25. The highest BCUT2D eigenvalue weighted by molar-refractivity contribution is 9.10. The zero-order valence-corrected chi connectivity index (χ0v) is 17.8. The first-order valence-corrected chi connectivity index (χ1v) is 9.91. The molecule has 0 saturated heterocycles. The Labute approximate surface area is 182 Å². The van der Waals surface area contributed by atoms with Crippen LogP contribution in [0, 0.1) is 6.92 Å². The first-order chi connectivity index (χ1) is 14.3. The van der Waals surface area contributed by atoms with E-state index in [1.807, 2.05) is 18.2 Å². The van der Waals surface area contributed by atoms with E-state index >= 15 is 0 Å². The second-order valence-electron chi connectivity index (χ2n) is 6.49. The summed E-state index contributed by atoms with van der Waals surface area (Å²) in [6.45, 7) is 1.98. The maximum atomic E-state index is 13.3. The molecule has 0 aliphatic rings. The summed E-state index contributed by atoms with van der Waals surface area (Å²) in [7, 11) is 0. The van der Waals surface area contributed by atoms with E-state index in [1.54, 1.807) is 23.9 Å². The van der Waals surface area contributed by atoms with Crippen molar-refractivity contribution in [3.63, 3.8) is 0 Å². The number of aryl methyl sites for hydroxylation is 1. The number of rotatable bonds is 5. The SMILES string of the molecule is Cc1cc(C(F)F)n2ncc(C(=O)Nc3nn(Cc4ccccc4Cl)cc3Br)c2n1. The van der Waals surface area contributed by atoms with Crippen molar-refractivity contribution in [1.82, 2.24) is 24.4 Å². The average Bonchev–Trinajstić information content (AvgIpc) is 3.26. The lowest BCUT2D eigenvalue weighted by atomic mass is 10.2. The Morgan fingerprint density at radius 3 is 2.83 bits per heavy atom. The van der Waals surface area contributed by atoms with Crippen LogP contribution in [-0.4, -0.2) is 30.3 Å². The third-order valence-electron chi connectivity index (χ3n) is 4.33. The summed E-state index contributed by atoms with van der Waals surface area (Å²) in [5.41, 5.74) is 1.01. The normalized spacial score (nSPS) is 11.4. The van der Waals surface area contributed by atoms with Crippen LogP contribution in [0.25, 0.3) is 5.65 Å². The van der Waals surface area contributed by atoms with Gasteiger partial charge in [0.2, 0.25) is 0 Å². The Bertz CT molecular complexity index is 1260. The van der Waals surface area contributed by atoms with Gasteiger partial charge >= 0.3 is 0 Å². The third-order valence-corrected chi connectivity index (χ3v) is 5.28. The predicted octanol–water partition coefficient (Wildman–Crippen LogP) is 4.89. The smallest absolute Gasteiger partial charge is 0.280 e. The van der Waals surface area contributed by atoms with Crippen LogP contribution in [0.2, 0.25) is 5.02 Å². The van der Waals surface area contributed by atoms with E-state index in [4.69, 9.17) is 11.6 Å². The molecular formula is C19H14BrClF2N6O. The van der Waals surface area contributed by atoms with Crippen molar-refractivity contribution in [1.29, 1.82) is 0 Å². The molecule has 3 heterocycles. The van der Waals surface area contributed by atoms with Crippen LogP contribution in [-0.2, 0) is 6.54 Å². The van der Waals surface area contributed by atoms with E-state index in [0.29, 0.717) is 21.7 Å². The number of anilines is 1. The van der Waals surface area contributed by atoms with Gasteiger partial charge in [-0.05, 0) is 40.5 Å². The highest BCUT2D eigenvalue weighted by Gasteiger charge is 2.21. The lowest BCUT2D eigenvalue weighted by Gasteiger charge is -2.06.